The second kappa shape index (κ2) is 6.60. The van der Waals surface area contributed by atoms with Crippen molar-refractivity contribution in [3.05, 3.63) is 29.8 Å². The number of aliphatic hydroxyl groups excluding tert-OH is 1. The maximum absolute atomic E-state index is 12.4. The number of alkyl halides is 3. The molecule has 0 saturated carbocycles. The zero-order valence-corrected chi connectivity index (χ0v) is 11.2. The van der Waals surface area contributed by atoms with Crippen LogP contribution in [0.3, 0.4) is 0 Å². The highest BCUT2D eigenvalue weighted by molar-refractivity contribution is 5.89. The number of hydrogen-bond donors (Lipinski definition) is 2. The molecule has 0 heterocycles. The molecule has 0 spiro atoms. The van der Waals surface area contributed by atoms with E-state index in [0.717, 1.165) is 12.1 Å². The molecule has 1 aromatic rings. The minimum absolute atomic E-state index is 0.128. The number of hydrogen-bond acceptors (Lipinski definition) is 2. The Kier molecular flexibility index (Phi) is 5.38. The van der Waals surface area contributed by atoms with E-state index < -0.39 is 17.8 Å². The molecule has 7 heteroatoms. The third kappa shape index (κ3) is 4.41. The van der Waals surface area contributed by atoms with Crippen LogP contribution in [0, 0.1) is 0 Å². The van der Waals surface area contributed by atoms with Crippen molar-refractivity contribution >= 4 is 11.7 Å². The molecule has 2 amide bonds. The summed E-state index contributed by atoms with van der Waals surface area (Å²) in [6.07, 6.45) is -4.40. The molecule has 4 nitrogen and oxygen atoms in total. The number of nitrogens with one attached hydrogen (secondary N) is 1. The number of urea groups is 1. The molecule has 0 bridgehead atoms. The summed E-state index contributed by atoms with van der Waals surface area (Å²) in [5.74, 6) is 0. The number of anilines is 1. The Balaban J connectivity index is 2.75. The average Bonchev–Trinajstić information content (AvgIpc) is 2.34. The van der Waals surface area contributed by atoms with Crippen molar-refractivity contribution in [3.63, 3.8) is 0 Å². The van der Waals surface area contributed by atoms with Gasteiger partial charge in [0.2, 0.25) is 0 Å². The maximum Gasteiger partial charge on any atom is 0.416 e. The molecule has 112 valence electrons. The van der Waals surface area contributed by atoms with Gasteiger partial charge in [0, 0.05) is 18.3 Å². The molecular formula is C13H17F3N2O2. The van der Waals surface area contributed by atoms with Crippen LogP contribution < -0.4 is 5.32 Å². The fourth-order valence-corrected chi connectivity index (χ4v) is 1.64. The van der Waals surface area contributed by atoms with Gasteiger partial charge in [-0.3, -0.25) is 0 Å². The molecule has 0 radical (unpaired) electrons. The summed E-state index contributed by atoms with van der Waals surface area (Å²) in [5, 5.41) is 11.4. The lowest BCUT2D eigenvalue weighted by molar-refractivity contribution is -0.137. The Morgan fingerprint density at radius 2 is 1.85 bits per heavy atom. The Hall–Kier alpha value is -1.76. The van der Waals surface area contributed by atoms with Gasteiger partial charge in [-0.1, -0.05) is 0 Å². The van der Waals surface area contributed by atoms with Gasteiger partial charge >= 0.3 is 12.2 Å². The monoisotopic (exact) mass is 290 g/mol. The number of aliphatic hydroxyl groups is 1. The summed E-state index contributed by atoms with van der Waals surface area (Å²) in [6, 6.07) is 3.60. The molecule has 0 atom stereocenters. The summed E-state index contributed by atoms with van der Waals surface area (Å²) in [7, 11) is 0. The standard InChI is InChI=1S/C13H17F3N2O2/c1-9(2)18(7-8-19)12(20)17-11-5-3-10(4-6-11)13(14,15)16/h3-6,9,19H,7-8H2,1-2H3,(H,17,20). The molecular weight excluding hydrogens is 273 g/mol. The summed E-state index contributed by atoms with van der Waals surface area (Å²) < 4.78 is 37.2. The first-order chi connectivity index (χ1) is 9.25. The van der Waals surface area contributed by atoms with E-state index in [1.807, 2.05) is 0 Å². The van der Waals surface area contributed by atoms with Crippen LogP contribution in [0.25, 0.3) is 0 Å². The number of halogens is 3. The smallest absolute Gasteiger partial charge is 0.395 e. The molecule has 0 unspecified atom stereocenters. The van der Waals surface area contributed by atoms with Crippen molar-refractivity contribution in [3.8, 4) is 0 Å². The van der Waals surface area contributed by atoms with Gasteiger partial charge in [-0.25, -0.2) is 4.79 Å². The highest BCUT2D eigenvalue weighted by atomic mass is 19.4. The summed E-state index contributed by atoms with van der Waals surface area (Å²) >= 11 is 0. The van der Waals surface area contributed by atoms with Gasteiger partial charge in [0.05, 0.1) is 12.2 Å². The van der Waals surface area contributed by atoms with E-state index in [2.05, 4.69) is 5.32 Å². The number of benzene rings is 1. The van der Waals surface area contributed by atoms with E-state index >= 15 is 0 Å². The van der Waals surface area contributed by atoms with Crippen LogP contribution in [-0.2, 0) is 6.18 Å². The topological polar surface area (TPSA) is 52.6 Å². The zero-order valence-electron chi connectivity index (χ0n) is 11.2. The minimum Gasteiger partial charge on any atom is -0.395 e. The first-order valence-electron chi connectivity index (χ1n) is 6.11. The van der Waals surface area contributed by atoms with Crippen molar-refractivity contribution in [1.82, 2.24) is 4.90 Å². The molecule has 0 fully saturated rings. The number of carbonyl (C=O) groups excluding carboxylic acids is 1. The maximum atomic E-state index is 12.4. The highest BCUT2D eigenvalue weighted by Gasteiger charge is 2.30. The van der Waals surface area contributed by atoms with Crippen molar-refractivity contribution in [2.45, 2.75) is 26.1 Å². The largest absolute Gasteiger partial charge is 0.416 e. The van der Waals surface area contributed by atoms with E-state index in [9.17, 15) is 18.0 Å². The lowest BCUT2D eigenvalue weighted by Crippen LogP contribution is -2.41. The van der Waals surface area contributed by atoms with E-state index in [0.29, 0.717) is 0 Å². The molecule has 0 aliphatic carbocycles. The normalized spacial score (nSPS) is 11.6. The summed E-state index contributed by atoms with van der Waals surface area (Å²) in [6.45, 7) is 3.53. The van der Waals surface area contributed by atoms with Gasteiger partial charge in [-0.2, -0.15) is 13.2 Å². The number of rotatable bonds is 4. The number of carbonyl (C=O) groups is 1. The van der Waals surface area contributed by atoms with Crippen LogP contribution in [0.4, 0.5) is 23.7 Å². The zero-order chi connectivity index (χ0) is 15.3. The average molecular weight is 290 g/mol. The molecule has 1 rings (SSSR count). The van der Waals surface area contributed by atoms with Crippen molar-refractivity contribution < 1.29 is 23.1 Å². The van der Waals surface area contributed by atoms with Crippen molar-refractivity contribution in [2.75, 3.05) is 18.5 Å². The SMILES string of the molecule is CC(C)N(CCO)C(=O)Nc1ccc(C(F)(F)F)cc1. The quantitative estimate of drug-likeness (QED) is 0.895. The third-order valence-electron chi connectivity index (χ3n) is 2.69. The molecule has 0 aliphatic rings. The third-order valence-corrected chi connectivity index (χ3v) is 2.69. The lowest BCUT2D eigenvalue weighted by atomic mass is 10.2. The van der Waals surface area contributed by atoms with Gasteiger partial charge in [-0.05, 0) is 38.1 Å². The van der Waals surface area contributed by atoms with Crippen LogP contribution in [-0.4, -0.2) is 35.2 Å². The first kappa shape index (κ1) is 16.3. The van der Waals surface area contributed by atoms with Gasteiger partial charge in [0.1, 0.15) is 0 Å². The van der Waals surface area contributed by atoms with E-state index in [1.54, 1.807) is 13.8 Å². The highest BCUT2D eigenvalue weighted by Crippen LogP contribution is 2.29. The Morgan fingerprint density at radius 3 is 2.25 bits per heavy atom. The summed E-state index contributed by atoms with van der Waals surface area (Å²) in [4.78, 5) is 13.3. The second-order valence-electron chi connectivity index (χ2n) is 4.52. The molecule has 0 aliphatic heterocycles. The van der Waals surface area contributed by atoms with Gasteiger partial charge in [-0.15, -0.1) is 0 Å². The van der Waals surface area contributed by atoms with Gasteiger partial charge < -0.3 is 15.3 Å². The lowest BCUT2D eigenvalue weighted by Gasteiger charge is -2.26. The predicted octanol–water partition coefficient (Wildman–Crippen LogP) is 2.94. The Bertz CT molecular complexity index is 444. The van der Waals surface area contributed by atoms with E-state index in [4.69, 9.17) is 5.11 Å². The van der Waals surface area contributed by atoms with Crippen LogP contribution in [0.1, 0.15) is 19.4 Å². The van der Waals surface area contributed by atoms with Crippen molar-refractivity contribution in [1.29, 1.82) is 0 Å². The fraction of sp³-hybridized carbons (Fsp3) is 0.462. The molecule has 1 aromatic carbocycles. The van der Waals surface area contributed by atoms with E-state index in [-0.39, 0.29) is 24.9 Å². The molecule has 0 saturated heterocycles. The number of nitrogens with zero attached hydrogens (tertiary/aromatic N) is 1. The molecule has 0 aromatic heterocycles. The van der Waals surface area contributed by atoms with E-state index in [1.165, 1.54) is 17.0 Å². The van der Waals surface area contributed by atoms with Crippen LogP contribution in [0.15, 0.2) is 24.3 Å². The van der Waals surface area contributed by atoms with Crippen LogP contribution in [0.2, 0.25) is 0 Å². The van der Waals surface area contributed by atoms with Crippen LogP contribution in [0.5, 0.6) is 0 Å². The minimum atomic E-state index is -4.40. The van der Waals surface area contributed by atoms with Gasteiger partial charge in [0.25, 0.3) is 0 Å². The number of amides is 2. The Morgan fingerprint density at radius 1 is 1.30 bits per heavy atom. The predicted molar refractivity (Wildman–Crippen MR) is 69.4 cm³/mol. The molecule has 20 heavy (non-hydrogen) atoms. The Labute approximate surface area is 115 Å². The second-order valence-corrected chi connectivity index (χ2v) is 4.52. The van der Waals surface area contributed by atoms with Gasteiger partial charge in [0.15, 0.2) is 0 Å². The summed E-state index contributed by atoms with van der Waals surface area (Å²) in [5.41, 5.74) is -0.502. The molecule has 2 N–H and O–H groups in total. The first-order valence-corrected chi connectivity index (χ1v) is 6.11. The van der Waals surface area contributed by atoms with Crippen molar-refractivity contribution in [2.24, 2.45) is 0 Å². The van der Waals surface area contributed by atoms with Crippen LogP contribution >= 0.6 is 0 Å². The fourth-order valence-electron chi connectivity index (χ4n) is 1.64.